The number of urea groups is 1. The van der Waals surface area contributed by atoms with Crippen LogP contribution in [0.1, 0.15) is 34.1 Å². The van der Waals surface area contributed by atoms with Gasteiger partial charge in [-0.15, -0.1) is 0 Å². The van der Waals surface area contributed by atoms with Gasteiger partial charge < -0.3 is 39.1 Å². The van der Waals surface area contributed by atoms with Crippen molar-refractivity contribution in [2.24, 2.45) is 0 Å². The molecule has 0 aromatic carbocycles. The summed E-state index contributed by atoms with van der Waals surface area (Å²) in [7, 11) is -4.13. The second-order valence-corrected chi connectivity index (χ2v) is 9.33. The smallest absolute Gasteiger partial charge is 0.314 e. The fourth-order valence-corrected chi connectivity index (χ4v) is 3.69. The third-order valence-electron chi connectivity index (χ3n) is 4.48. The summed E-state index contributed by atoms with van der Waals surface area (Å²) in [5, 5.41) is 4.81. The summed E-state index contributed by atoms with van der Waals surface area (Å²) in [6.45, 7) is 3.68. The van der Waals surface area contributed by atoms with Crippen molar-refractivity contribution in [2.75, 3.05) is 32.1 Å². The lowest BCUT2D eigenvalue weighted by atomic mass is 9.98. The first-order valence-corrected chi connectivity index (χ1v) is 12.7. The minimum Gasteiger partial charge on any atom is -0.463 e. The fourth-order valence-electron chi connectivity index (χ4n) is 3.18. The number of rotatable bonds is 13. The van der Waals surface area contributed by atoms with Crippen LogP contribution in [0, 0.1) is 0 Å². The monoisotopic (exact) mass is 556 g/mol. The summed E-state index contributed by atoms with van der Waals surface area (Å²) >= 11 is 0. The van der Waals surface area contributed by atoms with E-state index >= 15 is 0 Å². The van der Waals surface area contributed by atoms with Gasteiger partial charge in [-0.3, -0.25) is 23.7 Å². The molecule has 1 aliphatic rings. The topological polar surface area (TPSA) is 219 Å². The maximum atomic E-state index is 11.8. The van der Waals surface area contributed by atoms with Crippen LogP contribution < -0.4 is 10.6 Å². The summed E-state index contributed by atoms with van der Waals surface area (Å²) < 4.78 is 62.1. The lowest BCUT2D eigenvalue weighted by Gasteiger charge is -2.44. The second kappa shape index (κ2) is 15.3. The Kier molecular flexibility index (Phi) is 13.2. The summed E-state index contributed by atoms with van der Waals surface area (Å²) in [5.41, 5.74) is 0. The Morgan fingerprint density at radius 1 is 0.811 bits per heavy atom. The largest absolute Gasteiger partial charge is 0.463 e. The standard InChI is InChI=1S/C20H32N2O14S/c1-11(23)32-10-15-16(33-12(2)24)17(34-13(3)25)18(35-14(4)26)19(36-15)31-8-7-22-20(27)21-6-5-9-37(28,29)30/h15-19H,5-10H2,1-4H3,(H2,21,22,27)(H,28,29,30)/t15-,16-,17+,18-,19-/m1/s1. The molecule has 1 fully saturated rings. The fraction of sp³-hybridized carbons (Fsp3) is 0.750. The molecule has 0 bridgehead atoms. The van der Waals surface area contributed by atoms with Crippen molar-refractivity contribution in [3.63, 3.8) is 0 Å². The zero-order valence-electron chi connectivity index (χ0n) is 20.8. The lowest BCUT2D eigenvalue weighted by molar-refractivity contribution is -0.307. The highest BCUT2D eigenvalue weighted by molar-refractivity contribution is 7.85. The van der Waals surface area contributed by atoms with Crippen LogP contribution >= 0.6 is 0 Å². The van der Waals surface area contributed by atoms with Crippen molar-refractivity contribution in [3.8, 4) is 0 Å². The minimum absolute atomic E-state index is 0.00646. The van der Waals surface area contributed by atoms with Gasteiger partial charge in [0.25, 0.3) is 10.1 Å². The highest BCUT2D eigenvalue weighted by atomic mass is 32.2. The van der Waals surface area contributed by atoms with Crippen molar-refractivity contribution in [2.45, 2.75) is 64.8 Å². The Morgan fingerprint density at radius 3 is 1.89 bits per heavy atom. The number of carbonyl (C=O) groups excluding carboxylic acids is 5. The van der Waals surface area contributed by atoms with Crippen LogP contribution in [-0.4, -0.2) is 106 Å². The van der Waals surface area contributed by atoms with E-state index in [0.717, 1.165) is 27.7 Å². The van der Waals surface area contributed by atoms with Crippen LogP contribution in [0.15, 0.2) is 0 Å². The van der Waals surface area contributed by atoms with Crippen LogP contribution in [0.25, 0.3) is 0 Å². The number of amides is 2. The van der Waals surface area contributed by atoms with Crippen molar-refractivity contribution >= 4 is 40.0 Å². The highest BCUT2D eigenvalue weighted by Crippen LogP contribution is 2.29. The minimum atomic E-state index is -4.13. The Labute approximate surface area is 213 Å². The maximum Gasteiger partial charge on any atom is 0.314 e. The number of ether oxygens (including phenoxy) is 6. The molecule has 17 heteroatoms. The molecular weight excluding hydrogens is 524 g/mol. The van der Waals surface area contributed by atoms with E-state index in [1.165, 1.54) is 0 Å². The van der Waals surface area contributed by atoms with Gasteiger partial charge in [0.1, 0.15) is 12.7 Å². The molecule has 212 valence electrons. The first-order chi connectivity index (χ1) is 17.2. The van der Waals surface area contributed by atoms with Gasteiger partial charge in [-0.1, -0.05) is 0 Å². The van der Waals surface area contributed by atoms with E-state index in [0.29, 0.717) is 0 Å². The molecule has 1 aliphatic heterocycles. The predicted molar refractivity (Wildman–Crippen MR) is 120 cm³/mol. The number of carbonyl (C=O) groups is 5. The molecule has 16 nitrogen and oxygen atoms in total. The normalized spacial score (nSPS) is 23.3. The van der Waals surface area contributed by atoms with E-state index in [9.17, 15) is 32.4 Å². The quantitative estimate of drug-likeness (QED) is 0.104. The Hall–Kier alpha value is -3.02. The summed E-state index contributed by atoms with van der Waals surface area (Å²) in [6.07, 6.45) is -6.67. The van der Waals surface area contributed by atoms with Crippen LogP contribution in [0.2, 0.25) is 0 Å². The highest BCUT2D eigenvalue weighted by Gasteiger charge is 2.52. The number of hydrogen-bond donors (Lipinski definition) is 3. The molecule has 0 aromatic rings. The lowest BCUT2D eigenvalue weighted by Crippen LogP contribution is -2.63. The van der Waals surface area contributed by atoms with Crippen molar-refractivity contribution in [1.82, 2.24) is 10.6 Å². The SMILES string of the molecule is CC(=O)OC[C@H]1O[C@@H](OCCNC(=O)NCCCS(=O)(=O)O)[C@H](OC(C)=O)[C@@H](OC(C)=O)[C@@H]1OC(C)=O. The van der Waals surface area contributed by atoms with Crippen molar-refractivity contribution < 1.29 is 65.4 Å². The number of hydrogen-bond acceptors (Lipinski definition) is 13. The average Bonchev–Trinajstić information content (AvgIpc) is 2.75. The van der Waals surface area contributed by atoms with Gasteiger partial charge >= 0.3 is 29.9 Å². The molecule has 0 radical (unpaired) electrons. The van der Waals surface area contributed by atoms with Crippen molar-refractivity contribution in [3.05, 3.63) is 0 Å². The molecule has 1 saturated heterocycles. The molecule has 0 aromatic heterocycles. The van der Waals surface area contributed by atoms with Gasteiger partial charge in [0.05, 0.1) is 12.4 Å². The molecule has 2 amide bonds. The van der Waals surface area contributed by atoms with E-state index in [-0.39, 0.29) is 26.1 Å². The second-order valence-electron chi connectivity index (χ2n) is 7.76. The molecule has 5 atom stereocenters. The van der Waals surface area contributed by atoms with Gasteiger partial charge in [0.2, 0.25) is 0 Å². The maximum absolute atomic E-state index is 11.8. The van der Waals surface area contributed by atoms with Gasteiger partial charge in [-0.2, -0.15) is 8.42 Å². The molecule has 1 heterocycles. The van der Waals surface area contributed by atoms with E-state index < -0.39 is 83.1 Å². The Morgan fingerprint density at radius 2 is 1.35 bits per heavy atom. The third kappa shape index (κ3) is 13.2. The molecule has 0 spiro atoms. The van der Waals surface area contributed by atoms with Crippen LogP contribution in [0.5, 0.6) is 0 Å². The van der Waals surface area contributed by atoms with Gasteiger partial charge in [0.15, 0.2) is 24.6 Å². The summed E-state index contributed by atoms with van der Waals surface area (Å²) in [5.74, 6) is -3.54. The molecule has 1 rings (SSSR count). The Bertz CT molecular complexity index is 924. The van der Waals surface area contributed by atoms with Crippen LogP contribution in [0.4, 0.5) is 4.79 Å². The molecule has 37 heavy (non-hydrogen) atoms. The van der Waals surface area contributed by atoms with E-state index in [2.05, 4.69) is 10.6 Å². The van der Waals surface area contributed by atoms with E-state index in [1.807, 2.05) is 0 Å². The van der Waals surface area contributed by atoms with Crippen LogP contribution in [-0.2, 0) is 57.7 Å². The predicted octanol–water partition coefficient (Wildman–Crippen LogP) is -1.34. The molecule has 0 saturated carbocycles. The van der Waals surface area contributed by atoms with Gasteiger partial charge in [0, 0.05) is 40.8 Å². The zero-order chi connectivity index (χ0) is 28.2. The third-order valence-corrected chi connectivity index (χ3v) is 5.29. The van der Waals surface area contributed by atoms with E-state index in [4.69, 9.17) is 33.0 Å². The first-order valence-electron chi connectivity index (χ1n) is 11.1. The van der Waals surface area contributed by atoms with Gasteiger partial charge in [-0.05, 0) is 6.42 Å². The summed E-state index contributed by atoms with van der Waals surface area (Å²) in [4.78, 5) is 58.4. The molecule has 0 aliphatic carbocycles. The molecule has 0 unspecified atom stereocenters. The van der Waals surface area contributed by atoms with Gasteiger partial charge in [-0.25, -0.2) is 4.79 Å². The van der Waals surface area contributed by atoms with Crippen molar-refractivity contribution in [1.29, 1.82) is 0 Å². The van der Waals surface area contributed by atoms with E-state index in [1.54, 1.807) is 0 Å². The zero-order valence-corrected chi connectivity index (χ0v) is 21.6. The molecule has 3 N–H and O–H groups in total. The Balaban J connectivity index is 2.89. The molecular formula is C20H32N2O14S. The summed E-state index contributed by atoms with van der Waals surface area (Å²) in [6, 6.07) is -0.652. The number of nitrogens with one attached hydrogen (secondary N) is 2. The van der Waals surface area contributed by atoms with Crippen LogP contribution in [0.3, 0.4) is 0 Å². The first kappa shape index (κ1) is 32.0. The average molecular weight is 557 g/mol. The number of esters is 4.